The molecule has 0 bridgehead atoms. The number of piperidine rings is 1. The molecule has 0 atom stereocenters. The van der Waals surface area contributed by atoms with Gasteiger partial charge < -0.3 is 5.32 Å². The van der Waals surface area contributed by atoms with Gasteiger partial charge in [-0.05, 0) is 55.2 Å². The average Bonchev–Trinajstić information content (AvgIpc) is 2.67. The number of carbonyl (C=O) groups excluding carboxylic acids is 1. The van der Waals surface area contributed by atoms with E-state index in [0.717, 1.165) is 11.1 Å². The van der Waals surface area contributed by atoms with Gasteiger partial charge in [-0.3, -0.25) is 4.79 Å². The van der Waals surface area contributed by atoms with Crippen LogP contribution in [0.15, 0.2) is 53.4 Å². The Hall–Kier alpha value is -2.25. The van der Waals surface area contributed by atoms with Gasteiger partial charge in [0.15, 0.2) is 0 Å². The lowest BCUT2D eigenvalue weighted by atomic mass is 9.80. The Morgan fingerprint density at radius 1 is 1.14 bits per heavy atom. The largest absolute Gasteiger partial charge is 0.352 e. The summed E-state index contributed by atoms with van der Waals surface area (Å²) in [5.41, 5.74) is 1.08. The van der Waals surface area contributed by atoms with Gasteiger partial charge in [-0.25, -0.2) is 12.8 Å². The van der Waals surface area contributed by atoms with Crippen LogP contribution in [0.4, 0.5) is 4.39 Å². The van der Waals surface area contributed by atoms with Crippen molar-refractivity contribution in [2.24, 2.45) is 5.41 Å². The molecule has 1 N–H and O–H groups in total. The SMILES string of the molecule is Cc1cccc(S(=O)(=O)N2CCC(C)(C(=O)NCc3ccc(F)cc3)CC2)c1. The Kier molecular flexibility index (Phi) is 5.86. The molecular weight excluding hydrogens is 379 g/mol. The highest BCUT2D eigenvalue weighted by Crippen LogP contribution is 2.33. The third-order valence-electron chi connectivity index (χ3n) is 5.37. The van der Waals surface area contributed by atoms with Crippen molar-refractivity contribution in [1.82, 2.24) is 9.62 Å². The van der Waals surface area contributed by atoms with E-state index in [0.29, 0.717) is 32.5 Å². The molecular formula is C21H25FN2O3S. The number of hydrogen-bond donors (Lipinski definition) is 1. The Balaban J connectivity index is 1.61. The minimum Gasteiger partial charge on any atom is -0.352 e. The van der Waals surface area contributed by atoms with Gasteiger partial charge in [0.1, 0.15) is 5.82 Å². The van der Waals surface area contributed by atoms with Gasteiger partial charge in [-0.15, -0.1) is 0 Å². The molecule has 0 unspecified atom stereocenters. The van der Waals surface area contributed by atoms with Crippen LogP contribution in [0.3, 0.4) is 0 Å². The van der Waals surface area contributed by atoms with E-state index in [-0.39, 0.29) is 16.6 Å². The highest BCUT2D eigenvalue weighted by atomic mass is 32.2. The first-order valence-corrected chi connectivity index (χ1v) is 10.7. The van der Waals surface area contributed by atoms with Crippen molar-refractivity contribution in [3.05, 3.63) is 65.5 Å². The van der Waals surface area contributed by atoms with Gasteiger partial charge in [0.2, 0.25) is 15.9 Å². The summed E-state index contributed by atoms with van der Waals surface area (Å²) in [5, 5.41) is 2.89. The molecule has 3 rings (SSSR count). The van der Waals surface area contributed by atoms with E-state index in [1.54, 1.807) is 30.3 Å². The number of sulfonamides is 1. The van der Waals surface area contributed by atoms with Crippen LogP contribution < -0.4 is 5.32 Å². The number of nitrogens with zero attached hydrogens (tertiary/aromatic N) is 1. The van der Waals surface area contributed by atoms with Crippen LogP contribution in [0.25, 0.3) is 0 Å². The van der Waals surface area contributed by atoms with E-state index < -0.39 is 15.4 Å². The number of amides is 1. The van der Waals surface area contributed by atoms with Crippen LogP contribution in [0.5, 0.6) is 0 Å². The molecule has 5 nitrogen and oxygen atoms in total. The number of aryl methyl sites for hydroxylation is 1. The smallest absolute Gasteiger partial charge is 0.243 e. The third kappa shape index (κ3) is 4.42. The Labute approximate surface area is 165 Å². The number of rotatable bonds is 5. The monoisotopic (exact) mass is 404 g/mol. The van der Waals surface area contributed by atoms with Crippen molar-refractivity contribution in [3.8, 4) is 0 Å². The molecule has 1 saturated heterocycles. The summed E-state index contributed by atoms with van der Waals surface area (Å²) < 4.78 is 40.1. The normalized spacial score (nSPS) is 17.2. The molecule has 1 amide bonds. The number of hydrogen-bond acceptors (Lipinski definition) is 3. The van der Waals surface area contributed by atoms with Gasteiger partial charge in [-0.2, -0.15) is 4.31 Å². The first-order valence-electron chi connectivity index (χ1n) is 9.30. The summed E-state index contributed by atoms with van der Waals surface area (Å²) >= 11 is 0. The molecule has 7 heteroatoms. The second kappa shape index (κ2) is 8.01. The molecule has 0 aliphatic carbocycles. The highest BCUT2D eigenvalue weighted by Gasteiger charge is 2.40. The molecule has 0 aromatic heterocycles. The predicted octanol–water partition coefficient (Wildman–Crippen LogP) is 3.24. The van der Waals surface area contributed by atoms with E-state index in [4.69, 9.17) is 0 Å². The van der Waals surface area contributed by atoms with Crippen LogP contribution in [0.2, 0.25) is 0 Å². The number of nitrogens with one attached hydrogen (secondary N) is 1. The standard InChI is InChI=1S/C21H25FN2O3S/c1-16-4-3-5-19(14-16)28(26,27)24-12-10-21(2,11-13-24)20(25)23-15-17-6-8-18(22)9-7-17/h3-9,14H,10-13,15H2,1-2H3,(H,23,25). The van der Waals surface area contributed by atoms with Gasteiger partial charge >= 0.3 is 0 Å². The van der Waals surface area contributed by atoms with E-state index in [1.807, 2.05) is 19.9 Å². The molecule has 0 saturated carbocycles. The minimum atomic E-state index is -3.55. The molecule has 1 fully saturated rings. The lowest BCUT2D eigenvalue weighted by Crippen LogP contribution is -2.48. The van der Waals surface area contributed by atoms with Crippen molar-refractivity contribution < 1.29 is 17.6 Å². The number of benzene rings is 2. The zero-order valence-corrected chi connectivity index (χ0v) is 16.9. The number of carbonyl (C=O) groups is 1. The van der Waals surface area contributed by atoms with E-state index in [1.165, 1.54) is 16.4 Å². The van der Waals surface area contributed by atoms with Crippen LogP contribution >= 0.6 is 0 Å². The second-order valence-electron chi connectivity index (χ2n) is 7.59. The molecule has 150 valence electrons. The summed E-state index contributed by atoms with van der Waals surface area (Å²) in [5.74, 6) is -0.423. The molecule has 1 aliphatic heterocycles. The molecule has 2 aromatic rings. The first kappa shape index (κ1) is 20.5. The Bertz CT molecular complexity index is 950. The van der Waals surface area contributed by atoms with Crippen molar-refractivity contribution in [3.63, 3.8) is 0 Å². The summed E-state index contributed by atoms with van der Waals surface area (Å²) in [7, 11) is -3.55. The maximum Gasteiger partial charge on any atom is 0.243 e. The molecule has 1 aliphatic rings. The molecule has 0 radical (unpaired) electrons. The summed E-state index contributed by atoms with van der Waals surface area (Å²) in [6.07, 6.45) is 0.903. The van der Waals surface area contributed by atoms with Crippen molar-refractivity contribution >= 4 is 15.9 Å². The van der Waals surface area contributed by atoms with E-state index in [9.17, 15) is 17.6 Å². The second-order valence-corrected chi connectivity index (χ2v) is 9.53. The predicted molar refractivity (Wildman–Crippen MR) is 106 cm³/mol. The van der Waals surface area contributed by atoms with Crippen molar-refractivity contribution in [2.75, 3.05) is 13.1 Å². The number of halogens is 1. The van der Waals surface area contributed by atoms with Gasteiger partial charge in [-0.1, -0.05) is 31.2 Å². The lowest BCUT2D eigenvalue weighted by Gasteiger charge is -2.37. The quantitative estimate of drug-likeness (QED) is 0.832. The van der Waals surface area contributed by atoms with E-state index in [2.05, 4.69) is 5.32 Å². The molecule has 2 aromatic carbocycles. The van der Waals surface area contributed by atoms with Crippen LogP contribution in [-0.4, -0.2) is 31.7 Å². The van der Waals surface area contributed by atoms with Crippen LogP contribution in [0.1, 0.15) is 30.9 Å². The fourth-order valence-electron chi connectivity index (χ4n) is 3.37. The maximum absolute atomic E-state index is 13.0. The highest BCUT2D eigenvalue weighted by molar-refractivity contribution is 7.89. The topological polar surface area (TPSA) is 66.5 Å². The first-order chi connectivity index (χ1) is 13.2. The van der Waals surface area contributed by atoms with Crippen LogP contribution in [0, 0.1) is 18.2 Å². The Morgan fingerprint density at radius 2 is 1.79 bits per heavy atom. The maximum atomic E-state index is 13.0. The summed E-state index contributed by atoms with van der Waals surface area (Å²) in [6, 6.07) is 12.8. The van der Waals surface area contributed by atoms with Gasteiger partial charge in [0.25, 0.3) is 0 Å². The minimum absolute atomic E-state index is 0.107. The Morgan fingerprint density at radius 3 is 2.39 bits per heavy atom. The van der Waals surface area contributed by atoms with Gasteiger partial charge in [0.05, 0.1) is 4.90 Å². The fourth-order valence-corrected chi connectivity index (χ4v) is 4.92. The van der Waals surface area contributed by atoms with Crippen molar-refractivity contribution in [2.45, 2.75) is 38.1 Å². The molecule has 1 heterocycles. The van der Waals surface area contributed by atoms with E-state index >= 15 is 0 Å². The van der Waals surface area contributed by atoms with Gasteiger partial charge in [0, 0.05) is 25.0 Å². The zero-order chi connectivity index (χ0) is 20.4. The molecule has 28 heavy (non-hydrogen) atoms. The average molecular weight is 405 g/mol. The zero-order valence-electron chi connectivity index (χ0n) is 16.1. The summed E-state index contributed by atoms with van der Waals surface area (Å²) in [4.78, 5) is 13.0. The third-order valence-corrected chi connectivity index (χ3v) is 7.26. The lowest BCUT2D eigenvalue weighted by molar-refractivity contribution is -0.132. The van der Waals surface area contributed by atoms with Crippen molar-refractivity contribution in [1.29, 1.82) is 0 Å². The van der Waals surface area contributed by atoms with Crippen LogP contribution in [-0.2, 0) is 21.4 Å². The summed E-state index contributed by atoms with van der Waals surface area (Å²) in [6.45, 7) is 4.65. The fraction of sp³-hybridized carbons (Fsp3) is 0.381. The molecule has 0 spiro atoms.